The van der Waals surface area contributed by atoms with Gasteiger partial charge in [0, 0.05) is 33.3 Å². The molecular formula is C16H20ClIN2O. The lowest BCUT2D eigenvalue weighted by molar-refractivity contribution is 0.0630. The van der Waals surface area contributed by atoms with Crippen LogP contribution in [0.1, 0.15) is 43.0 Å². The van der Waals surface area contributed by atoms with Gasteiger partial charge in [-0.15, -0.1) is 0 Å². The van der Waals surface area contributed by atoms with Gasteiger partial charge in [0.2, 0.25) is 0 Å². The number of carbonyl (C=O) groups is 1. The number of carbonyl (C=O) groups excluding carboxylic acids is 1. The lowest BCUT2D eigenvalue weighted by Gasteiger charge is -2.37. The van der Waals surface area contributed by atoms with E-state index in [9.17, 15) is 4.79 Å². The molecule has 1 N–H and O–H groups in total. The van der Waals surface area contributed by atoms with E-state index in [-0.39, 0.29) is 5.91 Å². The highest BCUT2D eigenvalue weighted by molar-refractivity contribution is 14.1. The summed E-state index contributed by atoms with van der Waals surface area (Å²) < 4.78 is 0.970. The van der Waals surface area contributed by atoms with E-state index in [1.54, 1.807) is 6.07 Å². The minimum atomic E-state index is 0.121. The Labute approximate surface area is 144 Å². The molecule has 2 bridgehead atoms. The largest absolute Gasteiger partial charge is 0.336 e. The van der Waals surface area contributed by atoms with E-state index >= 15 is 0 Å². The van der Waals surface area contributed by atoms with E-state index in [1.165, 1.54) is 12.8 Å². The molecule has 2 saturated heterocycles. The van der Waals surface area contributed by atoms with Gasteiger partial charge in [0.25, 0.3) is 5.91 Å². The maximum Gasteiger partial charge on any atom is 0.255 e. The summed E-state index contributed by atoms with van der Waals surface area (Å²) in [5.41, 5.74) is 0.732. The molecule has 114 valence electrons. The Hall–Kier alpha value is -0.330. The zero-order chi connectivity index (χ0) is 15.0. The molecule has 0 saturated carbocycles. The second-order valence-corrected chi connectivity index (χ2v) is 7.58. The van der Waals surface area contributed by atoms with Crippen molar-refractivity contribution in [2.45, 2.75) is 50.7 Å². The summed E-state index contributed by atoms with van der Waals surface area (Å²) in [6.07, 6.45) is 4.66. The molecule has 0 aliphatic carbocycles. The summed E-state index contributed by atoms with van der Waals surface area (Å²) in [6.45, 7) is 2.82. The lowest BCUT2D eigenvalue weighted by Crippen LogP contribution is -2.50. The fourth-order valence-corrected chi connectivity index (χ4v) is 4.40. The predicted octanol–water partition coefficient (Wildman–Crippen LogP) is 3.69. The third-order valence-electron chi connectivity index (χ3n) is 4.65. The standard InChI is InChI=1S/C16H20ClIN2O/c1-2-20(13-8-11-4-5-12(9-13)19-11)16(21)14-7-10(17)3-6-15(14)18/h3,6-7,11-13,19H,2,4-5,8-9H2,1H3. The van der Waals surface area contributed by atoms with Crippen LogP contribution in [0, 0.1) is 3.57 Å². The molecule has 21 heavy (non-hydrogen) atoms. The summed E-state index contributed by atoms with van der Waals surface area (Å²) in [4.78, 5) is 15.0. The summed E-state index contributed by atoms with van der Waals surface area (Å²) >= 11 is 8.28. The van der Waals surface area contributed by atoms with Crippen molar-refractivity contribution >= 4 is 40.1 Å². The van der Waals surface area contributed by atoms with Crippen LogP contribution in [-0.2, 0) is 0 Å². The number of nitrogens with zero attached hydrogens (tertiary/aromatic N) is 1. The van der Waals surface area contributed by atoms with Crippen molar-refractivity contribution in [2.75, 3.05) is 6.54 Å². The molecule has 1 aromatic carbocycles. The van der Waals surface area contributed by atoms with E-state index in [0.29, 0.717) is 23.1 Å². The highest BCUT2D eigenvalue weighted by Crippen LogP contribution is 2.31. The Balaban J connectivity index is 1.82. The Morgan fingerprint density at radius 2 is 2.05 bits per heavy atom. The second-order valence-electron chi connectivity index (χ2n) is 5.98. The maximum absolute atomic E-state index is 12.9. The van der Waals surface area contributed by atoms with E-state index in [0.717, 1.165) is 28.5 Å². The molecule has 3 nitrogen and oxygen atoms in total. The van der Waals surface area contributed by atoms with Gasteiger partial charge in [0.05, 0.1) is 5.56 Å². The van der Waals surface area contributed by atoms with Crippen LogP contribution >= 0.6 is 34.2 Å². The molecular weight excluding hydrogens is 399 g/mol. The summed E-state index contributed by atoms with van der Waals surface area (Å²) in [5, 5.41) is 4.26. The summed E-state index contributed by atoms with van der Waals surface area (Å²) in [7, 11) is 0. The Bertz CT molecular complexity index is 539. The average Bonchev–Trinajstić information content (AvgIpc) is 2.81. The molecule has 0 radical (unpaired) electrons. The first-order chi connectivity index (χ1) is 10.1. The van der Waals surface area contributed by atoms with Crippen molar-refractivity contribution in [3.8, 4) is 0 Å². The predicted molar refractivity (Wildman–Crippen MR) is 93.8 cm³/mol. The van der Waals surface area contributed by atoms with Crippen LogP contribution in [0.15, 0.2) is 18.2 Å². The minimum Gasteiger partial charge on any atom is -0.336 e. The molecule has 2 aliphatic heterocycles. The molecule has 2 atom stereocenters. The summed E-state index contributed by atoms with van der Waals surface area (Å²) in [6, 6.07) is 7.08. The minimum absolute atomic E-state index is 0.121. The van der Waals surface area contributed by atoms with Gasteiger partial charge in [-0.05, 0) is 73.4 Å². The molecule has 2 fully saturated rings. The van der Waals surface area contributed by atoms with Crippen LogP contribution in [0.5, 0.6) is 0 Å². The lowest BCUT2D eigenvalue weighted by atomic mass is 9.97. The molecule has 5 heteroatoms. The number of hydrogen-bond acceptors (Lipinski definition) is 2. The van der Waals surface area contributed by atoms with Gasteiger partial charge < -0.3 is 10.2 Å². The van der Waals surface area contributed by atoms with Gasteiger partial charge in [-0.1, -0.05) is 11.6 Å². The van der Waals surface area contributed by atoms with Crippen LogP contribution in [0.25, 0.3) is 0 Å². The number of halogens is 2. The number of rotatable bonds is 3. The van der Waals surface area contributed by atoms with Crippen molar-refractivity contribution < 1.29 is 4.79 Å². The average molecular weight is 419 g/mol. The Morgan fingerprint density at radius 1 is 1.38 bits per heavy atom. The third kappa shape index (κ3) is 3.22. The molecule has 0 aromatic heterocycles. The zero-order valence-electron chi connectivity index (χ0n) is 12.1. The second kappa shape index (κ2) is 6.42. The number of benzene rings is 1. The van der Waals surface area contributed by atoms with Crippen molar-refractivity contribution in [3.63, 3.8) is 0 Å². The fraction of sp³-hybridized carbons (Fsp3) is 0.562. The number of hydrogen-bond donors (Lipinski definition) is 1. The van der Waals surface area contributed by atoms with Crippen molar-refractivity contribution in [3.05, 3.63) is 32.4 Å². The molecule has 3 rings (SSSR count). The number of amides is 1. The Kier molecular flexibility index (Phi) is 4.76. The maximum atomic E-state index is 12.9. The van der Waals surface area contributed by atoms with E-state index in [2.05, 4.69) is 34.8 Å². The molecule has 1 aromatic rings. The molecule has 2 unspecified atom stereocenters. The van der Waals surface area contributed by atoms with Crippen LogP contribution in [0.2, 0.25) is 5.02 Å². The molecule has 2 heterocycles. The number of fused-ring (bicyclic) bond motifs is 2. The van der Waals surface area contributed by atoms with E-state index in [1.807, 2.05) is 17.0 Å². The first-order valence-corrected chi connectivity index (χ1v) is 9.06. The van der Waals surface area contributed by atoms with E-state index in [4.69, 9.17) is 11.6 Å². The van der Waals surface area contributed by atoms with Gasteiger partial charge >= 0.3 is 0 Å². The van der Waals surface area contributed by atoms with Crippen LogP contribution in [0.4, 0.5) is 0 Å². The number of piperidine rings is 1. The highest BCUT2D eigenvalue weighted by Gasteiger charge is 2.37. The topological polar surface area (TPSA) is 32.3 Å². The van der Waals surface area contributed by atoms with Crippen LogP contribution < -0.4 is 5.32 Å². The SMILES string of the molecule is CCN(C(=O)c1cc(Cl)ccc1I)C1CC2CCC(C1)N2. The highest BCUT2D eigenvalue weighted by atomic mass is 127. The van der Waals surface area contributed by atoms with Gasteiger partial charge in [-0.25, -0.2) is 0 Å². The van der Waals surface area contributed by atoms with Gasteiger partial charge in [0.15, 0.2) is 0 Å². The van der Waals surface area contributed by atoms with Crippen molar-refractivity contribution in [1.82, 2.24) is 10.2 Å². The Morgan fingerprint density at radius 3 is 2.67 bits per heavy atom. The van der Waals surface area contributed by atoms with Crippen molar-refractivity contribution in [2.24, 2.45) is 0 Å². The zero-order valence-corrected chi connectivity index (χ0v) is 15.0. The molecule has 0 spiro atoms. The first-order valence-electron chi connectivity index (χ1n) is 7.60. The normalized spacial score (nSPS) is 27.7. The fourth-order valence-electron chi connectivity index (χ4n) is 3.67. The molecule has 2 aliphatic rings. The van der Waals surface area contributed by atoms with Gasteiger partial charge in [-0.2, -0.15) is 0 Å². The summed E-state index contributed by atoms with van der Waals surface area (Å²) in [5.74, 6) is 0.121. The van der Waals surface area contributed by atoms with Gasteiger partial charge in [0.1, 0.15) is 0 Å². The van der Waals surface area contributed by atoms with Crippen LogP contribution in [-0.4, -0.2) is 35.5 Å². The van der Waals surface area contributed by atoms with Crippen molar-refractivity contribution in [1.29, 1.82) is 0 Å². The third-order valence-corrected chi connectivity index (χ3v) is 5.83. The first kappa shape index (κ1) is 15.6. The van der Waals surface area contributed by atoms with E-state index < -0.39 is 0 Å². The smallest absolute Gasteiger partial charge is 0.255 e. The number of nitrogens with one attached hydrogen (secondary N) is 1. The monoisotopic (exact) mass is 418 g/mol. The van der Waals surface area contributed by atoms with Crippen LogP contribution in [0.3, 0.4) is 0 Å². The van der Waals surface area contributed by atoms with Gasteiger partial charge in [-0.3, -0.25) is 4.79 Å². The quantitative estimate of drug-likeness (QED) is 0.759. The molecule has 1 amide bonds.